The van der Waals surface area contributed by atoms with Crippen LogP contribution >= 0.6 is 0 Å². The molecular weight excluding hydrogens is 382 g/mol. The van der Waals surface area contributed by atoms with Crippen LogP contribution in [0.25, 0.3) is 0 Å². The largest absolute Gasteiger partial charge is 0.379 e. The van der Waals surface area contributed by atoms with Crippen LogP contribution in [0.3, 0.4) is 0 Å². The van der Waals surface area contributed by atoms with E-state index >= 15 is 0 Å². The summed E-state index contributed by atoms with van der Waals surface area (Å²) in [6.07, 6.45) is 0. The predicted molar refractivity (Wildman–Crippen MR) is 118 cm³/mol. The first-order chi connectivity index (χ1) is 14.6. The number of hydrogen-bond donors (Lipinski definition) is 2. The fourth-order valence-corrected chi connectivity index (χ4v) is 3.12. The van der Waals surface area contributed by atoms with E-state index in [0.717, 1.165) is 56.5 Å². The molecule has 2 aromatic carbocycles. The number of non-ortho nitro benzene ring substituents is 1. The van der Waals surface area contributed by atoms with E-state index in [9.17, 15) is 10.1 Å². The van der Waals surface area contributed by atoms with Gasteiger partial charge in [-0.05, 0) is 18.1 Å². The number of nitro groups is 1. The molecule has 1 fully saturated rings. The highest BCUT2D eigenvalue weighted by Gasteiger charge is 2.10. The summed E-state index contributed by atoms with van der Waals surface area (Å²) in [5.41, 5.74) is 3.42. The zero-order valence-corrected chi connectivity index (χ0v) is 17.3. The maximum Gasteiger partial charge on any atom is 0.269 e. The fraction of sp³-hybridized carbons (Fsp3) is 0.409. The number of hydrogen-bond acceptors (Lipinski definition) is 5. The zero-order valence-electron chi connectivity index (χ0n) is 17.3. The Morgan fingerprint density at radius 1 is 1.07 bits per heavy atom. The van der Waals surface area contributed by atoms with Gasteiger partial charge in [-0.1, -0.05) is 42.0 Å². The molecule has 8 heteroatoms. The van der Waals surface area contributed by atoms with Crippen molar-refractivity contribution in [3.63, 3.8) is 0 Å². The molecule has 0 amide bonds. The summed E-state index contributed by atoms with van der Waals surface area (Å²) in [5.74, 6) is 0.724. The number of nitrogens with zero attached hydrogens (tertiary/aromatic N) is 3. The Hall–Kier alpha value is -2.97. The van der Waals surface area contributed by atoms with Gasteiger partial charge in [0.15, 0.2) is 5.96 Å². The third kappa shape index (κ3) is 7.13. The van der Waals surface area contributed by atoms with Gasteiger partial charge in [-0.25, -0.2) is 4.99 Å². The third-order valence-electron chi connectivity index (χ3n) is 4.97. The average molecular weight is 412 g/mol. The molecule has 0 atom stereocenters. The normalized spacial score (nSPS) is 15.0. The third-order valence-corrected chi connectivity index (χ3v) is 4.97. The molecule has 0 aromatic heterocycles. The summed E-state index contributed by atoms with van der Waals surface area (Å²) in [5, 5.41) is 17.5. The predicted octanol–water partition coefficient (Wildman–Crippen LogP) is 2.47. The van der Waals surface area contributed by atoms with Crippen LogP contribution in [0.2, 0.25) is 0 Å². The second-order valence-corrected chi connectivity index (χ2v) is 7.31. The minimum atomic E-state index is -0.390. The van der Waals surface area contributed by atoms with Crippen LogP contribution in [-0.4, -0.2) is 55.2 Å². The van der Waals surface area contributed by atoms with Gasteiger partial charge in [0.05, 0.1) is 24.7 Å². The smallest absolute Gasteiger partial charge is 0.269 e. The average Bonchev–Trinajstić information content (AvgIpc) is 2.77. The lowest BCUT2D eigenvalue weighted by molar-refractivity contribution is -0.384. The van der Waals surface area contributed by atoms with Crippen LogP contribution in [0.1, 0.15) is 16.7 Å². The van der Waals surface area contributed by atoms with Gasteiger partial charge in [0, 0.05) is 44.9 Å². The molecular formula is C22H29N5O3. The zero-order chi connectivity index (χ0) is 21.2. The monoisotopic (exact) mass is 411 g/mol. The van der Waals surface area contributed by atoms with Crippen LogP contribution in [0.5, 0.6) is 0 Å². The van der Waals surface area contributed by atoms with Crippen LogP contribution in [0.4, 0.5) is 5.69 Å². The molecule has 0 aliphatic carbocycles. The first-order valence-electron chi connectivity index (χ1n) is 10.2. The first-order valence-corrected chi connectivity index (χ1v) is 10.2. The molecule has 0 saturated carbocycles. The van der Waals surface area contributed by atoms with Gasteiger partial charge in [0.2, 0.25) is 0 Å². The number of aryl methyl sites for hydroxylation is 1. The lowest BCUT2D eigenvalue weighted by Gasteiger charge is -2.26. The van der Waals surface area contributed by atoms with E-state index in [-0.39, 0.29) is 5.69 Å². The summed E-state index contributed by atoms with van der Waals surface area (Å²) in [4.78, 5) is 17.5. The molecule has 0 radical (unpaired) electrons. The Morgan fingerprint density at radius 3 is 2.40 bits per heavy atom. The summed E-state index contributed by atoms with van der Waals surface area (Å²) >= 11 is 0. The summed E-state index contributed by atoms with van der Waals surface area (Å²) in [7, 11) is 0. The SMILES string of the molecule is Cc1ccc(CN=C(NCCN2CCOCC2)NCc2ccc([N+](=O)[O-])cc2)cc1. The highest BCUT2D eigenvalue weighted by molar-refractivity contribution is 5.79. The number of morpholine rings is 1. The van der Waals surface area contributed by atoms with E-state index in [1.807, 2.05) is 0 Å². The van der Waals surface area contributed by atoms with E-state index in [1.165, 1.54) is 17.7 Å². The molecule has 3 rings (SSSR count). The van der Waals surface area contributed by atoms with Crippen molar-refractivity contribution in [3.05, 3.63) is 75.3 Å². The number of nitrogens with one attached hydrogen (secondary N) is 2. The van der Waals surface area contributed by atoms with Crippen molar-refractivity contribution in [3.8, 4) is 0 Å². The second-order valence-electron chi connectivity index (χ2n) is 7.31. The highest BCUT2D eigenvalue weighted by atomic mass is 16.6. The van der Waals surface area contributed by atoms with Gasteiger partial charge in [0.1, 0.15) is 0 Å². The summed E-state index contributed by atoms with van der Waals surface area (Å²) < 4.78 is 5.39. The molecule has 0 unspecified atom stereocenters. The minimum absolute atomic E-state index is 0.0932. The number of rotatable bonds is 8. The molecule has 30 heavy (non-hydrogen) atoms. The fourth-order valence-electron chi connectivity index (χ4n) is 3.12. The molecule has 1 aliphatic heterocycles. The lowest BCUT2D eigenvalue weighted by atomic mass is 10.1. The van der Waals surface area contributed by atoms with Crippen molar-refractivity contribution in [2.45, 2.75) is 20.0 Å². The van der Waals surface area contributed by atoms with Crippen molar-refractivity contribution in [2.75, 3.05) is 39.4 Å². The number of aliphatic imine (C=N–C) groups is 1. The van der Waals surface area contributed by atoms with E-state index in [2.05, 4.69) is 46.7 Å². The number of benzene rings is 2. The minimum Gasteiger partial charge on any atom is -0.379 e. The van der Waals surface area contributed by atoms with Gasteiger partial charge in [-0.3, -0.25) is 15.0 Å². The molecule has 2 aromatic rings. The van der Waals surface area contributed by atoms with Crippen molar-refractivity contribution in [1.29, 1.82) is 0 Å². The number of guanidine groups is 1. The number of ether oxygens (including phenoxy) is 1. The molecule has 0 spiro atoms. The van der Waals surface area contributed by atoms with Crippen LogP contribution in [-0.2, 0) is 17.8 Å². The molecule has 1 saturated heterocycles. The molecule has 0 bridgehead atoms. The Labute approximate surface area is 177 Å². The standard InChI is InChI=1S/C22H29N5O3/c1-18-2-4-19(5-3-18)16-24-22(23-10-11-26-12-14-30-15-13-26)25-17-20-6-8-21(9-7-20)27(28)29/h2-9H,10-17H2,1H3,(H2,23,24,25). The van der Waals surface area contributed by atoms with Gasteiger partial charge in [-0.2, -0.15) is 0 Å². The Morgan fingerprint density at radius 2 is 1.73 bits per heavy atom. The molecule has 1 aliphatic rings. The van der Waals surface area contributed by atoms with E-state index in [0.29, 0.717) is 13.1 Å². The Balaban J connectivity index is 1.57. The molecule has 160 valence electrons. The maximum atomic E-state index is 10.8. The highest BCUT2D eigenvalue weighted by Crippen LogP contribution is 2.11. The van der Waals surface area contributed by atoms with Crippen LogP contribution < -0.4 is 10.6 Å². The van der Waals surface area contributed by atoms with E-state index in [1.54, 1.807) is 12.1 Å². The van der Waals surface area contributed by atoms with Gasteiger partial charge in [0.25, 0.3) is 5.69 Å². The van der Waals surface area contributed by atoms with E-state index < -0.39 is 4.92 Å². The van der Waals surface area contributed by atoms with Gasteiger partial charge in [-0.15, -0.1) is 0 Å². The quantitative estimate of drug-likeness (QED) is 0.300. The first kappa shape index (κ1) is 21.7. The van der Waals surface area contributed by atoms with Crippen LogP contribution in [0, 0.1) is 17.0 Å². The van der Waals surface area contributed by atoms with Crippen molar-refractivity contribution >= 4 is 11.6 Å². The lowest BCUT2D eigenvalue weighted by Crippen LogP contribution is -2.44. The van der Waals surface area contributed by atoms with Gasteiger partial charge >= 0.3 is 0 Å². The van der Waals surface area contributed by atoms with Crippen molar-refractivity contribution in [2.24, 2.45) is 4.99 Å². The van der Waals surface area contributed by atoms with Gasteiger partial charge < -0.3 is 15.4 Å². The summed E-state index contributed by atoms with van der Waals surface area (Å²) in [6.45, 7) is 8.35. The molecule has 2 N–H and O–H groups in total. The Kier molecular flexibility index (Phi) is 8.17. The van der Waals surface area contributed by atoms with Crippen LogP contribution in [0.15, 0.2) is 53.5 Å². The second kappa shape index (κ2) is 11.3. The Bertz CT molecular complexity index is 831. The molecule has 8 nitrogen and oxygen atoms in total. The topological polar surface area (TPSA) is 92.0 Å². The summed E-state index contributed by atoms with van der Waals surface area (Å²) in [6, 6.07) is 14.9. The van der Waals surface area contributed by atoms with Crippen molar-refractivity contribution < 1.29 is 9.66 Å². The number of nitro benzene ring substituents is 1. The van der Waals surface area contributed by atoms with E-state index in [4.69, 9.17) is 9.73 Å². The molecule has 1 heterocycles. The van der Waals surface area contributed by atoms with Crippen molar-refractivity contribution in [1.82, 2.24) is 15.5 Å². The maximum absolute atomic E-state index is 10.8.